The van der Waals surface area contributed by atoms with Crippen molar-refractivity contribution in [2.24, 2.45) is 0 Å². The standard InChI is InChI=1S/C24H26ClN3O2/c1-2-27-12-14-28(15-13-27)24-21(25)8-5-9-22(24)26-23(29)17-30-20-11-10-18-6-3-4-7-19(18)16-20/h3-11,16H,2,12-15,17H2,1H3,(H,26,29). The highest BCUT2D eigenvalue weighted by molar-refractivity contribution is 6.34. The molecule has 4 rings (SSSR count). The molecule has 5 nitrogen and oxygen atoms in total. The maximum atomic E-state index is 12.6. The summed E-state index contributed by atoms with van der Waals surface area (Å²) in [6.07, 6.45) is 0. The highest BCUT2D eigenvalue weighted by atomic mass is 35.5. The van der Waals surface area contributed by atoms with Gasteiger partial charge >= 0.3 is 0 Å². The van der Waals surface area contributed by atoms with Crippen molar-refractivity contribution in [2.75, 3.05) is 49.5 Å². The summed E-state index contributed by atoms with van der Waals surface area (Å²) in [7, 11) is 0. The van der Waals surface area contributed by atoms with Crippen molar-refractivity contribution in [1.29, 1.82) is 0 Å². The van der Waals surface area contributed by atoms with E-state index in [9.17, 15) is 4.79 Å². The molecule has 0 aliphatic carbocycles. The number of carbonyl (C=O) groups excluding carboxylic acids is 1. The minimum Gasteiger partial charge on any atom is -0.484 e. The van der Waals surface area contributed by atoms with Crippen LogP contribution in [0.2, 0.25) is 5.02 Å². The number of amides is 1. The van der Waals surface area contributed by atoms with Gasteiger partial charge in [0.15, 0.2) is 6.61 Å². The molecule has 1 aliphatic rings. The van der Waals surface area contributed by atoms with Crippen LogP contribution in [0.25, 0.3) is 10.8 Å². The molecule has 0 spiro atoms. The molecule has 0 bridgehead atoms. The van der Waals surface area contributed by atoms with Crippen LogP contribution in [0.5, 0.6) is 5.75 Å². The zero-order chi connectivity index (χ0) is 20.9. The zero-order valence-electron chi connectivity index (χ0n) is 17.1. The molecule has 3 aromatic carbocycles. The van der Waals surface area contributed by atoms with Gasteiger partial charge in [0.2, 0.25) is 0 Å². The second kappa shape index (κ2) is 9.37. The van der Waals surface area contributed by atoms with Crippen molar-refractivity contribution in [3.63, 3.8) is 0 Å². The Kier molecular flexibility index (Phi) is 6.41. The van der Waals surface area contributed by atoms with Crippen LogP contribution >= 0.6 is 11.6 Å². The van der Waals surface area contributed by atoms with E-state index in [4.69, 9.17) is 16.3 Å². The number of fused-ring (bicyclic) bond motifs is 1. The van der Waals surface area contributed by atoms with Crippen molar-refractivity contribution >= 4 is 39.7 Å². The molecule has 0 unspecified atom stereocenters. The van der Waals surface area contributed by atoms with Gasteiger partial charge in [0.1, 0.15) is 5.75 Å². The fourth-order valence-electron chi connectivity index (χ4n) is 3.82. The van der Waals surface area contributed by atoms with E-state index in [1.807, 2.05) is 60.7 Å². The van der Waals surface area contributed by atoms with Crippen molar-refractivity contribution < 1.29 is 9.53 Å². The van der Waals surface area contributed by atoms with Gasteiger partial charge in [-0.25, -0.2) is 0 Å². The smallest absolute Gasteiger partial charge is 0.262 e. The van der Waals surface area contributed by atoms with E-state index in [0.29, 0.717) is 10.8 Å². The van der Waals surface area contributed by atoms with Crippen LogP contribution < -0.4 is 15.0 Å². The molecule has 1 amide bonds. The average Bonchev–Trinajstić information content (AvgIpc) is 2.78. The van der Waals surface area contributed by atoms with E-state index in [1.165, 1.54) is 0 Å². The first-order valence-electron chi connectivity index (χ1n) is 10.3. The molecule has 6 heteroatoms. The van der Waals surface area contributed by atoms with E-state index in [0.717, 1.165) is 54.9 Å². The molecule has 0 aromatic heterocycles. The lowest BCUT2D eigenvalue weighted by Gasteiger charge is -2.36. The number of para-hydroxylation sites is 1. The first-order chi connectivity index (χ1) is 14.6. The Balaban J connectivity index is 1.42. The Morgan fingerprint density at radius 1 is 1.00 bits per heavy atom. The van der Waals surface area contributed by atoms with Gasteiger partial charge in [-0.2, -0.15) is 0 Å². The third-order valence-corrected chi connectivity index (χ3v) is 5.79. The third kappa shape index (κ3) is 4.69. The van der Waals surface area contributed by atoms with Crippen LogP contribution in [0.15, 0.2) is 60.7 Å². The molecular formula is C24H26ClN3O2. The summed E-state index contributed by atoms with van der Waals surface area (Å²) < 4.78 is 5.73. The largest absolute Gasteiger partial charge is 0.484 e. The molecule has 1 fully saturated rings. The van der Waals surface area contributed by atoms with Crippen molar-refractivity contribution in [1.82, 2.24) is 4.90 Å². The van der Waals surface area contributed by atoms with Crippen molar-refractivity contribution in [2.45, 2.75) is 6.92 Å². The Bertz CT molecular complexity index is 1030. The van der Waals surface area contributed by atoms with Crippen molar-refractivity contribution in [3.05, 3.63) is 65.7 Å². The summed E-state index contributed by atoms with van der Waals surface area (Å²) in [6.45, 7) is 6.90. The summed E-state index contributed by atoms with van der Waals surface area (Å²) >= 11 is 6.51. The Morgan fingerprint density at radius 3 is 2.53 bits per heavy atom. The zero-order valence-corrected chi connectivity index (χ0v) is 17.9. The first-order valence-corrected chi connectivity index (χ1v) is 10.7. The lowest BCUT2D eigenvalue weighted by atomic mass is 10.1. The number of halogens is 1. The van der Waals surface area contributed by atoms with Gasteiger partial charge in [-0.05, 0) is 41.6 Å². The second-order valence-electron chi connectivity index (χ2n) is 7.40. The van der Waals surface area contributed by atoms with E-state index >= 15 is 0 Å². The van der Waals surface area contributed by atoms with E-state index < -0.39 is 0 Å². The van der Waals surface area contributed by atoms with Crippen LogP contribution in [0.3, 0.4) is 0 Å². The number of rotatable bonds is 6. The average molecular weight is 424 g/mol. The van der Waals surface area contributed by atoms with E-state index in [2.05, 4.69) is 22.0 Å². The van der Waals surface area contributed by atoms with Crippen LogP contribution in [0.4, 0.5) is 11.4 Å². The van der Waals surface area contributed by atoms with E-state index in [1.54, 1.807) is 0 Å². The quantitative estimate of drug-likeness (QED) is 0.626. The van der Waals surface area contributed by atoms with Crippen LogP contribution in [-0.2, 0) is 4.79 Å². The van der Waals surface area contributed by atoms with Crippen molar-refractivity contribution in [3.8, 4) is 5.75 Å². The number of hydrogen-bond acceptors (Lipinski definition) is 4. The molecule has 30 heavy (non-hydrogen) atoms. The Labute approximate surface area is 182 Å². The van der Waals surface area contributed by atoms with Gasteiger partial charge in [0.05, 0.1) is 16.4 Å². The molecular weight excluding hydrogens is 398 g/mol. The Hall–Kier alpha value is -2.76. The SMILES string of the molecule is CCN1CCN(c2c(Cl)cccc2NC(=O)COc2ccc3ccccc3c2)CC1. The molecule has 0 radical (unpaired) electrons. The molecule has 156 valence electrons. The second-order valence-corrected chi connectivity index (χ2v) is 7.81. The minimum absolute atomic E-state index is 0.0616. The summed E-state index contributed by atoms with van der Waals surface area (Å²) in [5, 5.41) is 5.85. The Morgan fingerprint density at radius 2 is 1.77 bits per heavy atom. The predicted octanol–water partition coefficient (Wildman–Crippen LogP) is 4.65. The molecule has 0 saturated carbocycles. The maximum Gasteiger partial charge on any atom is 0.262 e. The molecule has 1 aliphatic heterocycles. The summed E-state index contributed by atoms with van der Waals surface area (Å²) in [4.78, 5) is 17.2. The minimum atomic E-state index is -0.209. The fraction of sp³-hybridized carbons (Fsp3) is 0.292. The van der Waals surface area contributed by atoms with Gasteiger partial charge in [0.25, 0.3) is 5.91 Å². The monoisotopic (exact) mass is 423 g/mol. The van der Waals surface area contributed by atoms with Gasteiger partial charge in [0, 0.05) is 26.2 Å². The number of anilines is 2. The summed E-state index contributed by atoms with van der Waals surface area (Å²) in [5.41, 5.74) is 1.61. The molecule has 1 N–H and O–H groups in total. The van der Waals surface area contributed by atoms with Crippen LogP contribution in [0, 0.1) is 0 Å². The number of hydrogen-bond donors (Lipinski definition) is 1. The molecule has 1 heterocycles. The number of piperazine rings is 1. The number of nitrogens with one attached hydrogen (secondary N) is 1. The normalized spacial score (nSPS) is 14.7. The summed E-state index contributed by atoms with van der Waals surface area (Å²) in [5.74, 6) is 0.463. The topological polar surface area (TPSA) is 44.8 Å². The lowest BCUT2D eigenvalue weighted by molar-refractivity contribution is -0.118. The molecule has 3 aromatic rings. The number of carbonyl (C=O) groups is 1. The van der Waals surface area contributed by atoms with Gasteiger partial charge in [-0.15, -0.1) is 0 Å². The fourth-order valence-corrected chi connectivity index (χ4v) is 4.11. The predicted molar refractivity (Wildman–Crippen MR) is 124 cm³/mol. The lowest BCUT2D eigenvalue weighted by Crippen LogP contribution is -2.46. The van der Waals surface area contributed by atoms with Gasteiger partial charge in [-0.3, -0.25) is 4.79 Å². The number of likely N-dealkylation sites (N-methyl/N-ethyl adjacent to an activating group) is 1. The molecule has 0 atom stereocenters. The molecule has 1 saturated heterocycles. The number of ether oxygens (including phenoxy) is 1. The highest BCUT2D eigenvalue weighted by Crippen LogP contribution is 2.34. The number of nitrogens with zero attached hydrogens (tertiary/aromatic N) is 2. The number of benzene rings is 3. The van der Waals surface area contributed by atoms with Crippen LogP contribution in [0.1, 0.15) is 6.92 Å². The first kappa shape index (κ1) is 20.5. The van der Waals surface area contributed by atoms with Crippen LogP contribution in [-0.4, -0.2) is 50.1 Å². The van der Waals surface area contributed by atoms with Gasteiger partial charge in [-0.1, -0.05) is 54.9 Å². The van der Waals surface area contributed by atoms with Gasteiger partial charge < -0.3 is 19.9 Å². The van der Waals surface area contributed by atoms with E-state index in [-0.39, 0.29) is 12.5 Å². The third-order valence-electron chi connectivity index (χ3n) is 5.49. The summed E-state index contributed by atoms with van der Waals surface area (Å²) in [6, 6.07) is 19.5. The maximum absolute atomic E-state index is 12.6. The highest BCUT2D eigenvalue weighted by Gasteiger charge is 2.21.